The van der Waals surface area contributed by atoms with E-state index in [-0.39, 0.29) is 12.3 Å². The van der Waals surface area contributed by atoms with Crippen LogP contribution in [0.3, 0.4) is 0 Å². The van der Waals surface area contributed by atoms with E-state index < -0.39 is 25.4 Å². The first-order valence-corrected chi connectivity index (χ1v) is 13.7. The fourth-order valence-corrected chi connectivity index (χ4v) is 4.02. The van der Waals surface area contributed by atoms with Crippen LogP contribution in [0.15, 0.2) is 91.4 Å². The van der Waals surface area contributed by atoms with Crippen molar-refractivity contribution >= 4 is 17.9 Å². The molecule has 0 saturated carbocycles. The van der Waals surface area contributed by atoms with Gasteiger partial charge in [0.2, 0.25) is 5.91 Å². The molecule has 0 radical (unpaired) electrons. The van der Waals surface area contributed by atoms with E-state index in [1.807, 2.05) is 66.7 Å². The summed E-state index contributed by atoms with van der Waals surface area (Å²) in [6.07, 6.45) is 6.11. The van der Waals surface area contributed by atoms with Gasteiger partial charge in [-0.05, 0) is 54.1 Å². The number of pyridine rings is 3. The van der Waals surface area contributed by atoms with E-state index in [4.69, 9.17) is 15.3 Å². The third kappa shape index (κ3) is 11.0. The highest BCUT2D eigenvalue weighted by molar-refractivity contribution is 5.79. The molecule has 0 spiro atoms. The number of rotatable bonds is 14. The zero-order chi connectivity index (χ0) is 30.9. The molecular formula is C32H38N6O5. The van der Waals surface area contributed by atoms with Crippen LogP contribution >= 0.6 is 0 Å². The molecule has 0 bridgehead atoms. The monoisotopic (exact) mass is 586 g/mol. The molecule has 3 aromatic heterocycles. The van der Waals surface area contributed by atoms with E-state index in [1.165, 1.54) is 0 Å². The second-order valence-corrected chi connectivity index (χ2v) is 9.91. The van der Waals surface area contributed by atoms with E-state index in [0.717, 1.165) is 34.6 Å². The number of aromatic nitrogens is 3. The number of hydrogen-bond acceptors (Lipinski definition) is 10. The van der Waals surface area contributed by atoms with Gasteiger partial charge in [0.05, 0.1) is 43.3 Å². The number of nitrogens with zero attached hydrogens (tertiary/aromatic N) is 4. The molecule has 226 valence electrons. The lowest BCUT2D eigenvalue weighted by atomic mass is 10.0. The molecule has 0 aliphatic carbocycles. The molecule has 4 rings (SSSR count). The standard InChI is InChI=1S/C19H18N4O.C13H20N2O4/c24-15-16-7-8-19(22-11-16)14-23(12-17-5-1-3-9-20-17)13-18-6-2-4-10-21-18;1-14-11-4-2-10(3-5-11)6-12(19)15-13(7-16,8-17)9-18/h1-11,15H,12-14H2;2-5,14,16-18H,6-9H2,1H3,(H,15,19). The molecule has 0 atom stereocenters. The number of hydrogen-bond donors (Lipinski definition) is 5. The number of benzene rings is 1. The first-order chi connectivity index (χ1) is 20.9. The number of carbonyl (C=O) groups is 2. The van der Waals surface area contributed by atoms with Gasteiger partial charge in [-0.3, -0.25) is 29.4 Å². The van der Waals surface area contributed by atoms with Crippen molar-refractivity contribution in [3.05, 3.63) is 120 Å². The second-order valence-electron chi connectivity index (χ2n) is 9.91. The molecule has 3 heterocycles. The van der Waals surface area contributed by atoms with E-state index >= 15 is 0 Å². The average Bonchev–Trinajstić information content (AvgIpc) is 3.05. The largest absolute Gasteiger partial charge is 0.394 e. The van der Waals surface area contributed by atoms with Crippen LogP contribution < -0.4 is 10.6 Å². The molecule has 1 amide bonds. The molecule has 5 N–H and O–H groups in total. The van der Waals surface area contributed by atoms with Gasteiger partial charge in [-0.2, -0.15) is 0 Å². The minimum absolute atomic E-state index is 0.117. The molecule has 43 heavy (non-hydrogen) atoms. The first-order valence-electron chi connectivity index (χ1n) is 13.7. The number of carbonyl (C=O) groups excluding carboxylic acids is 2. The maximum atomic E-state index is 11.8. The maximum absolute atomic E-state index is 11.8. The molecule has 1 aromatic carbocycles. The summed E-state index contributed by atoms with van der Waals surface area (Å²) in [5.41, 5.74) is 3.86. The summed E-state index contributed by atoms with van der Waals surface area (Å²) < 4.78 is 0. The number of aliphatic hydroxyl groups excluding tert-OH is 3. The van der Waals surface area contributed by atoms with Gasteiger partial charge in [0.15, 0.2) is 6.29 Å². The predicted molar refractivity (Wildman–Crippen MR) is 163 cm³/mol. The smallest absolute Gasteiger partial charge is 0.225 e. The summed E-state index contributed by atoms with van der Waals surface area (Å²) in [6, 6.07) is 22.8. The van der Waals surface area contributed by atoms with Crippen LogP contribution in [0.25, 0.3) is 0 Å². The Morgan fingerprint density at radius 2 is 1.35 bits per heavy atom. The third-order valence-electron chi connectivity index (χ3n) is 6.51. The van der Waals surface area contributed by atoms with Crippen LogP contribution in [-0.4, -0.2) is 79.8 Å². The number of anilines is 1. The minimum atomic E-state index is -1.37. The summed E-state index contributed by atoms with van der Waals surface area (Å²) in [5, 5.41) is 32.8. The van der Waals surface area contributed by atoms with E-state index in [9.17, 15) is 9.59 Å². The van der Waals surface area contributed by atoms with Crippen molar-refractivity contribution in [2.24, 2.45) is 0 Å². The Bertz CT molecular complexity index is 1320. The fraction of sp³-hybridized carbons (Fsp3) is 0.281. The van der Waals surface area contributed by atoms with Gasteiger partial charge >= 0.3 is 0 Å². The minimum Gasteiger partial charge on any atom is -0.394 e. The van der Waals surface area contributed by atoms with Gasteiger partial charge in [0.1, 0.15) is 5.54 Å². The van der Waals surface area contributed by atoms with E-state index in [1.54, 1.807) is 31.7 Å². The van der Waals surface area contributed by atoms with Crippen LogP contribution in [-0.2, 0) is 30.8 Å². The molecule has 0 saturated heterocycles. The van der Waals surface area contributed by atoms with Gasteiger partial charge in [0.25, 0.3) is 0 Å². The molecule has 11 heteroatoms. The highest BCUT2D eigenvalue weighted by Crippen LogP contribution is 2.12. The Kier molecular flexibility index (Phi) is 13.3. The van der Waals surface area contributed by atoms with Crippen LogP contribution in [0.1, 0.15) is 33.0 Å². The summed E-state index contributed by atoms with van der Waals surface area (Å²) in [4.78, 5) is 37.9. The molecule has 0 unspecified atom stereocenters. The molecule has 11 nitrogen and oxygen atoms in total. The first kappa shape index (κ1) is 33.0. The van der Waals surface area contributed by atoms with E-state index in [0.29, 0.717) is 25.2 Å². The predicted octanol–water partition coefficient (Wildman–Crippen LogP) is 1.99. The van der Waals surface area contributed by atoms with Crippen molar-refractivity contribution in [3.8, 4) is 0 Å². The van der Waals surface area contributed by atoms with Crippen molar-refractivity contribution < 1.29 is 24.9 Å². The topological polar surface area (TPSA) is 161 Å². The van der Waals surface area contributed by atoms with Gasteiger partial charge in [-0.25, -0.2) is 0 Å². The van der Waals surface area contributed by atoms with Crippen LogP contribution in [0, 0.1) is 0 Å². The summed E-state index contributed by atoms with van der Waals surface area (Å²) >= 11 is 0. The van der Waals surface area contributed by atoms with Crippen LogP contribution in [0.4, 0.5) is 5.69 Å². The van der Waals surface area contributed by atoms with Crippen molar-refractivity contribution in [1.82, 2.24) is 25.2 Å². The van der Waals surface area contributed by atoms with Gasteiger partial charge < -0.3 is 26.0 Å². The molecule has 0 aliphatic rings. The second kappa shape index (κ2) is 17.4. The fourth-order valence-electron chi connectivity index (χ4n) is 4.02. The Morgan fingerprint density at radius 3 is 1.77 bits per heavy atom. The quantitative estimate of drug-likeness (QED) is 0.138. The van der Waals surface area contributed by atoms with Crippen molar-refractivity contribution in [2.45, 2.75) is 31.6 Å². The third-order valence-corrected chi connectivity index (χ3v) is 6.51. The Hall–Kier alpha value is -4.55. The van der Waals surface area contributed by atoms with Gasteiger partial charge in [-0.1, -0.05) is 24.3 Å². The number of nitrogens with one attached hydrogen (secondary N) is 2. The highest BCUT2D eigenvalue weighted by atomic mass is 16.3. The lowest BCUT2D eigenvalue weighted by molar-refractivity contribution is -0.124. The van der Waals surface area contributed by atoms with Gasteiger partial charge in [0, 0.05) is 56.5 Å². The summed E-state index contributed by atoms with van der Waals surface area (Å²) in [6.45, 7) is 0.495. The van der Waals surface area contributed by atoms with Crippen molar-refractivity contribution in [1.29, 1.82) is 0 Å². The van der Waals surface area contributed by atoms with E-state index in [2.05, 4.69) is 30.5 Å². The number of aliphatic hydroxyl groups is 3. The lowest BCUT2D eigenvalue weighted by Gasteiger charge is -2.28. The zero-order valence-corrected chi connectivity index (χ0v) is 24.1. The maximum Gasteiger partial charge on any atom is 0.225 e. The normalized spacial score (nSPS) is 10.9. The summed E-state index contributed by atoms with van der Waals surface area (Å²) in [5.74, 6) is -0.366. The number of aldehydes is 1. The molecule has 0 fully saturated rings. The van der Waals surface area contributed by atoms with Gasteiger partial charge in [-0.15, -0.1) is 0 Å². The Labute approximate surface area is 251 Å². The van der Waals surface area contributed by atoms with Crippen LogP contribution in [0.5, 0.6) is 0 Å². The average molecular weight is 587 g/mol. The van der Waals surface area contributed by atoms with Crippen molar-refractivity contribution in [3.63, 3.8) is 0 Å². The van der Waals surface area contributed by atoms with Crippen molar-refractivity contribution in [2.75, 3.05) is 32.2 Å². The summed E-state index contributed by atoms with van der Waals surface area (Å²) in [7, 11) is 1.81. The zero-order valence-electron chi connectivity index (χ0n) is 24.1. The van der Waals surface area contributed by atoms with Crippen LogP contribution in [0.2, 0.25) is 0 Å². The lowest BCUT2D eigenvalue weighted by Crippen LogP contribution is -2.57. The Balaban J connectivity index is 0.000000243. The SMILES string of the molecule is CNc1ccc(CC(=O)NC(CO)(CO)CO)cc1.O=Cc1ccc(CN(Cc2ccccn2)Cc2ccccn2)nc1. The number of amides is 1. The highest BCUT2D eigenvalue weighted by Gasteiger charge is 2.29. The molecule has 4 aromatic rings. The molecule has 0 aliphatic heterocycles. The Morgan fingerprint density at radius 1 is 0.791 bits per heavy atom. The molecular weight excluding hydrogens is 548 g/mol.